The summed E-state index contributed by atoms with van der Waals surface area (Å²) in [6, 6.07) is 3.35. The number of rotatable bonds is 2. The van der Waals surface area contributed by atoms with Crippen molar-refractivity contribution in [1.82, 2.24) is 5.06 Å². The van der Waals surface area contributed by atoms with Crippen molar-refractivity contribution in [3.63, 3.8) is 0 Å². The first-order chi connectivity index (χ1) is 8.52. The predicted molar refractivity (Wildman–Crippen MR) is 67.9 cm³/mol. The first-order valence-corrected chi connectivity index (χ1v) is 6.07. The van der Waals surface area contributed by atoms with Crippen molar-refractivity contribution in [2.24, 2.45) is 10.7 Å². The molecule has 0 amide bonds. The lowest BCUT2D eigenvalue weighted by molar-refractivity contribution is -0.181. The van der Waals surface area contributed by atoms with Crippen LogP contribution in [0.3, 0.4) is 0 Å². The normalized spacial score (nSPS) is 17.6. The minimum absolute atomic E-state index is 0.243. The molecule has 2 N–H and O–H groups in total. The molecule has 2 rings (SSSR count). The highest BCUT2D eigenvalue weighted by atomic mass is 35.5. The summed E-state index contributed by atoms with van der Waals surface area (Å²) in [5.41, 5.74) is 5.76. The van der Waals surface area contributed by atoms with E-state index >= 15 is 0 Å². The molecule has 1 unspecified atom stereocenters. The molecule has 18 heavy (non-hydrogen) atoms. The van der Waals surface area contributed by atoms with Gasteiger partial charge in [0.15, 0.2) is 0 Å². The largest absolute Gasteiger partial charge is 0.338 e. The van der Waals surface area contributed by atoms with E-state index in [1.54, 1.807) is 19.1 Å². The molecule has 0 aliphatic carbocycles. The highest BCUT2D eigenvalue weighted by Gasteiger charge is 2.18. The second-order valence-electron chi connectivity index (χ2n) is 3.64. The molecule has 0 bridgehead atoms. The van der Waals surface area contributed by atoms with Crippen LogP contribution in [-0.2, 0) is 9.63 Å². The molecular formula is C11H11Cl2N3O2. The third-order valence-corrected chi connectivity index (χ3v) is 3.21. The lowest BCUT2D eigenvalue weighted by Crippen LogP contribution is -2.47. The first kappa shape index (κ1) is 13.1. The maximum absolute atomic E-state index is 11.2. The summed E-state index contributed by atoms with van der Waals surface area (Å²) in [4.78, 5) is 20.4. The van der Waals surface area contributed by atoms with Gasteiger partial charge in [-0.05, 0) is 12.1 Å². The Labute approximate surface area is 113 Å². The number of hydrogen-bond donors (Lipinski definition) is 1. The molecule has 1 heterocycles. The van der Waals surface area contributed by atoms with Crippen LogP contribution in [-0.4, -0.2) is 17.3 Å². The average Bonchev–Trinajstić information content (AvgIpc) is 2.36. The Kier molecular flexibility index (Phi) is 3.75. The number of carbonyl (C=O) groups is 1. The quantitative estimate of drug-likeness (QED) is 0.873. The third-order valence-electron chi connectivity index (χ3n) is 2.39. The molecule has 0 spiro atoms. The van der Waals surface area contributed by atoms with Gasteiger partial charge >= 0.3 is 5.97 Å². The maximum Gasteiger partial charge on any atom is 0.332 e. The summed E-state index contributed by atoms with van der Waals surface area (Å²) in [6.45, 7) is 1.69. The molecule has 1 aliphatic heterocycles. The van der Waals surface area contributed by atoms with Gasteiger partial charge in [0, 0.05) is 11.6 Å². The van der Waals surface area contributed by atoms with E-state index in [1.165, 1.54) is 6.20 Å². The zero-order chi connectivity index (χ0) is 13.3. The van der Waals surface area contributed by atoms with Crippen LogP contribution in [0.5, 0.6) is 0 Å². The number of carbonyl (C=O) groups excluding carboxylic acids is 1. The Hall–Kier alpha value is -1.30. The number of nitrogens with zero attached hydrogens (tertiary/aromatic N) is 2. The van der Waals surface area contributed by atoms with E-state index < -0.39 is 12.3 Å². The van der Waals surface area contributed by atoms with Crippen molar-refractivity contribution in [3.05, 3.63) is 32.8 Å². The second kappa shape index (κ2) is 5.14. The van der Waals surface area contributed by atoms with Gasteiger partial charge in [0.1, 0.15) is 0 Å². The Bertz CT molecular complexity index is 603. The third kappa shape index (κ3) is 2.43. The highest BCUT2D eigenvalue weighted by molar-refractivity contribution is 6.42. The molecule has 0 aromatic heterocycles. The number of benzene rings is 1. The van der Waals surface area contributed by atoms with Gasteiger partial charge in [-0.3, -0.25) is 5.73 Å². The van der Waals surface area contributed by atoms with E-state index in [0.29, 0.717) is 20.6 Å². The second-order valence-corrected chi connectivity index (χ2v) is 4.43. The average molecular weight is 288 g/mol. The molecule has 96 valence electrons. The van der Waals surface area contributed by atoms with E-state index in [1.807, 2.05) is 0 Å². The van der Waals surface area contributed by atoms with Gasteiger partial charge in [-0.1, -0.05) is 30.1 Å². The van der Waals surface area contributed by atoms with E-state index in [0.717, 1.165) is 5.06 Å². The van der Waals surface area contributed by atoms with E-state index in [4.69, 9.17) is 33.8 Å². The minimum Gasteiger partial charge on any atom is -0.338 e. The van der Waals surface area contributed by atoms with Crippen molar-refractivity contribution in [2.75, 3.05) is 0 Å². The lowest BCUT2D eigenvalue weighted by Gasteiger charge is -2.25. The minimum atomic E-state index is -0.787. The molecule has 0 radical (unpaired) electrons. The fraction of sp³-hybridized carbons (Fsp3) is 0.273. The van der Waals surface area contributed by atoms with Crippen LogP contribution in [0.1, 0.15) is 13.3 Å². The van der Waals surface area contributed by atoms with Gasteiger partial charge in [-0.15, -0.1) is 0 Å². The highest BCUT2D eigenvalue weighted by Crippen LogP contribution is 2.16. The van der Waals surface area contributed by atoms with Gasteiger partial charge < -0.3 is 4.84 Å². The summed E-state index contributed by atoms with van der Waals surface area (Å²) in [5, 5.41) is 3.10. The number of nitrogens with two attached hydrogens (primary N) is 1. The zero-order valence-corrected chi connectivity index (χ0v) is 11.1. The number of halogens is 2. The van der Waals surface area contributed by atoms with Crippen LogP contribution in [0, 0.1) is 0 Å². The van der Waals surface area contributed by atoms with Crippen molar-refractivity contribution >= 4 is 35.4 Å². The van der Waals surface area contributed by atoms with Gasteiger partial charge in [0.2, 0.25) is 6.29 Å². The maximum atomic E-state index is 11.2. The van der Waals surface area contributed by atoms with Gasteiger partial charge in [-0.25, -0.2) is 9.79 Å². The molecule has 7 heteroatoms. The Morgan fingerprint density at radius 1 is 1.56 bits per heavy atom. The van der Waals surface area contributed by atoms with Crippen molar-refractivity contribution < 1.29 is 9.63 Å². The van der Waals surface area contributed by atoms with E-state index in [9.17, 15) is 4.79 Å². The van der Waals surface area contributed by atoms with Crippen LogP contribution in [0.15, 0.2) is 17.1 Å². The van der Waals surface area contributed by atoms with Crippen molar-refractivity contribution in [3.8, 4) is 0 Å². The summed E-state index contributed by atoms with van der Waals surface area (Å²) < 4.78 is 0. The predicted octanol–water partition coefficient (Wildman–Crippen LogP) is 0.777. The smallest absolute Gasteiger partial charge is 0.332 e. The monoisotopic (exact) mass is 287 g/mol. The molecule has 0 fully saturated rings. The molecule has 1 aromatic carbocycles. The van der Waals surface area contributed by atoms with Gasteiger partial charge in [0.05, 0.1) is 21.6 Å². The fourth-order valence-electron chi connectivity index (χ4n) is 1.46. The summed E-state index contributed by atoms with van der Waals surface area (Å²) >= 11 is 12.0. The standard InChI is InChI=1S/C11H11Cl2N3O2/c1-2-9(17)18-16-5-6-8(15-11(16)14)4-3-7(12)10(6)13/h3-5,11H,2,14H2,1H3. The molecule has 0 saturated carbocycles. The van der Waals surface area contributed by atoms with Crippen LogP contribution in [0.4, 0.5) is 0 Å². The molecular weight excluding hydrogens is 277 g/mol. The molecule has 1 aliphatic rings. The SMILES string of the molecule is CCC(=O)ON1C=c2c(Cl)c(Cl)ccc2=NC1N. The van der Waals surface area contributed by atoms with Gasteiger partial charge in [-0.2, -0.15) is 5.06 Å². The zero-order valence-electron chi connectivity index (χ0n) is 9.56. The number of fused-ring (bicyclic) bond motifs is 1. The number of hydroxylamine groups is 2. The Morgan fingerprint density at radius 3 is 2.94 bits per heavy atom. The fourth-order valence-corrected chi connectivity index (χ4v) is 1.83. The summed E-state index contributed by atoms with van der Waals surface area (Å²) in [6.07, 6.45) is 0.979. The molecule has 5 nitrogen and oxygen atoms in total. The van der Waals surface area contributed by atoms with Crippen LogP contribution >= 0.6 is 23.2 Å². The van der Waals surface area contributed by atoms with E-state index in [2.05, 4.69) is 4.99 Å². The van der Waals surface area contributed by atoms with E-state index in [-0.39, 0.29) is 6.42 Å². The topological polar surface area (TPSA) is 67.9 Å². The molecule has 0 saturated heterocycles. The van der Waals surface area contributed by atoms with Crippen LogP contribution in [0.25, 0.3) is 6.20 Å². The van der Waals surface area contributed by atoms with Gasteiger partial charge in [0.25, 0.3) is 0 Å². The van der Waals surface area contributed by atoms with Crippen LogP contribution in [0.2, 0.25) is 10.0 Å². The molecule has 1 aromatic rings. The number of hydrogen-bond acceptors (Lipinski definition) is 5. The Morgan fingerprint density at radius 2 is 2.28 bits per heavy atom. The van der Waals surface area contributed by atoms with Crippen LogP contribution < -0.4 is 16.3 Å². The van der Waals surface area contributed by atoms with Crippen molar-refractivity contribution in [2.45, 2.75) is 19.6 Å². The summed E-state index contributed by atoms with van der Waals surface area (Å²) in [7, 11) is 0. The van der Waals surface area contributed by atoms with Crippen molar-refractivity contribution in [1.29, 1.82) is 0 Å². The first-order valence-electron chi connectivity index (χ1n) is 5.31. The summed E-state index contributed by atoms with van der Waals surface area (Å²) in [5.74, 6) is -0.404. The molecule has 1 atom stereocenters. The lowest BCUT2D eigenvalue weighted by atomic mass is 10.2. The Balaban J connectivity index is 2.47.